The largest absolute Gasteiger partial charge is 0.399 e. The Balaban J connectivity index is 1.84. The summed E-state index contributed by atoms with van der Waals surface area (Å²) < 4.78 is 0.717. The number of anilines is 4. The first-order chi connectivity index (χ1) is 13.2. The number of hydrogen-bond acceptors (Lipinski definition) is 7. The second-order valence-electron chi connectivity index (χ2n) is 6.66. The van der Waals surface area contributed by atoms with Gasteiger partial charge >= 0.3 is 0 Å². The molecule has 0 radical (unpaired) electrons. The van der Waals surface area contributed by atoms with Crippen molar-refractivity contribution in [3.8, 4) is 0 Å². The van der Waals surface area contributed by atoms with Crippen molar-refractivity contribution in [2.24, 2.45) is 11.1 Å². The van der Waals surface area contributed by atoms with Crippen LogP contribution in [0.25, 0.3) is 0 Å². The Kier molecular flexibility index (Phi) is 7.16. The normalized spacial score (nSPS) is 11.0. The summed E-state index contributed by atoms with van der Waals surface area (Å²) in [6.45, 7) is 3.96. The van der Waals surface area contributed by atoms with E-state index in [0.29, 0.717) is 41.4 Å². The van der Waals surface area contributed by atoms with Gasteiger partial charge in [0, 0.05) is 30.7 Å². The maximum atomic E-state index is 12.0. The highest BCUT2D eigenvalue weighted by molar-refractivity contribution is 9.10. The molecule has 150 valence electrons. The molecule has 2 amide bonds. The summed E-state index contributed by atoms with van der Waals surface area (Å²) in [5.41, 5.74) is 11.2. The molecule has 28 heavy (non-hydrogen) atoms. The Hall–Kier alpha value is -2.88. The van der Waals surface area contributed by atoms with Crippen molar-refractivity contribution in [1.29, 1.82) is 0 Å². The van der Waals surface area contributed by atoms with Gasteiger partial charge in [-0.1, -0.05) is 0 Å². The average Bonchev–Trinajstić information content (AvgIpc) is 2.65. The molecule has 10 heteroatoms. The van der Waals surface area contributed by atoms with Crippen LogP contribution in [-0.4, -0.2) is 34.9 Å². The Morgan fingerprint density at radius 3 is 2.50 bits per heavy atom. The standard InChI is InChI=1S/C18H24BrN7O2/c1-18(2,15(21)27)16(28)23-9-3-8-22-14-13(19)10-24-17(26-14)25-12-6-4-11(20)5-7-12/h4-7,10H,3,8-9,20H2,1-2H3,(H2,21,27)(H,23,28)(H2,22,24,25,26). The summed E-state index contributed by atoms with van der Waals surface area (Å²) in [7, 11) is 0. The number of nitrogens with two attached hydrogens (primary N) is 2. The number of nitrogens with zero attached hydrogens (tertiary/aromatic N) is 2. The van der Waals surface area contributed by atoms with E-state index in [9.17, 15) is 9.59 Å². The van der Waals surface area contributed by atoms with Crippen LogP contribution in [0.2, 0.25) is 0 Å². The maximum absolute atomic E-state index is 12.0. The number of nitrogens with one attached hydrogen (secondary N) is 3. The molecule has 2 aromatic rings. The molecule has 2 rings (SSSR count). The van der Waals surface area contributed by atoms with E-state index in [1.54, 1.807) is 18.3 Å². The smallest absolute Gasteiger partial charge is 0.235 e. The zero-order valence-corrected chi connectivity index (χ0v) is 17.3. The maximum Gasteiger partial charge on any atom is 0.235 e. The highest BCUT2D eigenvalue weighted by Crippen LogP contribution is 2.22. The molecule has 0 aliphatic heterocycles. The second-order valence-corrected chi connectivity index (χ2v) is 7.52. The van der Waals surface area contributed by atoms with E-state index in [2.05, 4.69) is 41.8 Å². The topological polar surface area (TPSA) is 148 Å². The number of carbonyl (C=O) groups excluding carboxylic acids is 2. The lowest BCUT2D eigenvalue weighted by Crippen LogP contribution is -2.46. The molecule has 1 aromatic heterocycles. The number of halogens is 1. The molecule has 9 nitrogen and oxygen atoms in total. The molecule has 0 saturated carbocycles. The molecule has 0 saturated heterocycles. The van der Waals surface area contributed by atoms with E-state index >= 15 is 0 Å². The van der Waals surface area contributed by atoms with Crippen LogP contribution in [0.1, 0.15) is 20.3 Å². The zero-order chi connectivity index (χ0) is 20.7. The lowest BCUT2D eigenvalue weighted by molar-refractivity contribution is -0.139. The fourth-order valence-corrected chi connectivity index (χ4v) is 2.41. The molecule has 1 aromatic carbocycles. The van der Waals surface area contributed by atoms with Gasteiger partial charge in [-0.3, -0.25) is 9.59 Å². The molecule has 7 N–H and O–H groups in total. The average molecular weight is 450 g/mol. The highest BCUT2D eigenvalue weighted by atomic mass is 79.9. The van der Waals surface area contributed by atoms with Crippen LogP contribution in [0.5, 0.6) is 0 Å². The van der Waals surface area contributed by atoms with Crippen molar-refractivity contribution in [2.75, 3.05) is 29.5 Å². The quantitative estimate of drug-likeness (QED) is 0.223. The summed E-state index contributed by atoms with van der Waals surface area (Å²) >= 11 is 3.41. The fourth-order valence-electron chi connectivity index (χ4n) is 2.08. The number of carbonyl (C=O) groups is 2. The lowest BCUT2D eigenvalue weighted by Gasteiger charge is -2.19. The Bertz CT molecular complexity index is 840. The molecular weight excluding hydrogens is 426 g/mol. The van der Waals surface area contributed by atoms with E-state index < -0.39 is 17.2 Å². The minimum absolute atomic E-state index is 0.391. The molecule has 1 heterocycles. The number of aromatic nitrogens is 2. The third kappa shape index (κ3) is 5.81. The molecular formula is C18H24BrN7O2. The van der Waals surface area contributed by atoms with Crippen LogP contribution in [-0.2, 0) is 9.59 Å². The summed E-state index contributed by atoms with van der Waals surface area (Å²) in [6.07, 6.45) is 2.28. The highest BCUT2D eigenvalue weighted by Gasteiger charge is 2.33. The minimum Gasteiger partial charge on any atom is -0.399 e. The lowest BCUT2D eigenvalue weighted by atomic mass is 9.91. The molecule has 0 aliphatic carbocycles. The monoisotopic (exact) mass is 449 g/mol. The minimum atomic E-state index is -1.23. The van der Waals surface area contributed by atoms with Crippen LogP contribution >= 0.6 is 15.9 Å². The van der Waals surface area contributed by atoms with Gasteiger partial charge in [0.2, 0.25) is 17.8 Å². The number of benzene rings is 1. The van der Waals surface area contributed by atoms with E-state index in [1.165, 1.54) is 13.8 Å². The van der Waals surface area contributed by atoms with Crippen LogP contribution in [0, 0.1) is 5.41 Å². The number of nitrogen functional groups attached to an aromatic ring is 1. The van der Waals surface area contributed by atoms with Crippen molar-refractivity contribution >= 4 is 50.9 Å². The zero-order valence-electron chi connectivity index (χ0n) is 15.8. The summed E-state index contributed by atoms with van der Waals surface area (Å²) in [4.78, 5) is 31.9. The SMILES string of the molecule is CC(C)(C(N)=O)C(=O)NCCCNc1nc(Nc2ccc(N)cc2)ncc1Br. The predicted molar refractivity (Wildman–Crippen MR) is 113 cm³/mol. The first kappa shape index (κ1) is 21.4. The molecule has 0 bridgehead atoms. The van der Waals surface area contributed by atoms with Crippen molar-refractivity contribution in [2.45, 2.75) is 20.3 Å². The van der Waals surface area contributed by atoms with Crippen molar-refractivity contribution in [1.82, 2.24) is 15.3 Å². The fraction of sp³-hybridized carbons (Fsp3) is 0.333. The van der Waals surface area contributed by atoms with E-state index in [4.69, 9.17) is 11.5 Å². The van der Waals surface area contributed by atoms with Crippen LogP contribution in [0.4, 0.5) is 23.1 Å². The van der Waals surface area contributed by atoms with Crippen LogP contribution in [0.15, 0.2) is 34.9 Å². The first-order valence-corrected chi connectivity index (χ1v) is 9.46. The number of amides is 2. The Morgan fingerprint density at radius 1 is 1.18 bits per heavy atom. The van der Waals surface area contributed by atoms with Gasteiger partial charge in [-0.2, -0.15) is 4.98 Å². The number of primary amides is 1. The third-order valence-electron chi connectivity index (χ3n) is 4.03. The van der Waals surface area contributed by atoms with Gasteiger partial charge in [-0.25, -0.2) is 4.98 Å². The van der Waals surface area contributed by atoms with Gasteiger partial charge in [0.15, 0.2) is 0 Å². The summed E-state index contributed by atoms with van der Waals surface area (Å²) in [5, 5.41) is 8.99. The first-order valence-electron chi connectivity index (χ1n) is 8.67. The van der Waals surface area contributed by atoms with Gasteiger partial charge in [0.05, 0.1) is 4.47 Å². The van der Waals surface area contributed by atoms with Crippen molar-refractivity contribution in [3.63, 3.8) is 0 Å². The number of rotatable bonds is 9. The van der Waals surface area contributed by atoms with Crippen LogP contribution in [0.3, 0.4) is 0 Å². The van der Waals surface area contributed by atoms with Crippen LogP contribution < -0.4 is 27.4 Å². The van der Waals surface area contributed by atoms with Gasteiger partial charge in [0.1, 0.15) is 11.2 Å². The molecule has 0 spiro atoms. The second kappa shape index (κ2) is 9.36. The molecule has 0 fully saturated rings. The van der Waals surface area contributed by atoms with E-state index in [0.717, 1.165) is 5.69 Å². The summed E-state index contributed by atoms with van der Waals surface area (Å²) in [6, 6.07) is 7.25. The molecule has 0 unspecified atom stereocenters. The van der Waals surface area contributed by atoms with Crippen molar-refractivity contribution in [3.05, 3.63) is 34.9 Å². The predicted octanol–water partition coefficient (Wildman–Crippen LogP) is 1.99. The molecule has 0 atom stereocenters. The van der Waals surface area contributed by atoms with E-state index in [1.807, 2.05) is 12.1 Å². The van der Waals surface area contributed by atoms with E-state index in [-0.39, 0.29) is 0 Å². The summed E-state index contributed by atoms with van der Waals surface area (Å²) in [5.74, 6) is 0.0103. The number of hydrogen-bond donors (Lipinski definition) is 5. The van der Waals surface area contributed by atoms with Crippen molar-refractivity contribution < 1.29 is 9.59 Å². The molecule has 0 aliphatic rings. The Labute approximate surface area is 171 Å². The third-order valence-corrected chi connectivity index (χ3v) is 4.61. The Morgan fingerprint density at radius 2 is 1.86 bits per heavy atom. The van der Waals surface area contributed by atoms with Gasteiger partial charge in [-0.05, 0) is 60.5 Å². The van der Waals surface area contributed by atoms with Gasteiger partial charge in [0.25, 0.3) is 0 Å². The van der Waals surface area contributed by atoms with Gasteiger partial charge < -0.3 is 27.4 Å². The van der Waals surface area contributed by atoms with Gasteiger partial charge in [-0.15, -0.1) is 0 Å².